The molecule has 0 aliphatic carbocycles. The Labute approximate surface area is 159 Å². The first kappa shape index (κ1) is 18.6. The Morgan fingerprint density at radius 1 is 0.963 bits per heavy atom. The van der Waals surface area contributed by atoms with Crippen LogP contribution in [0.25, 0.3) is 0 Å². The van der Waals surface area contributed by atoms with Crippen molar-refractivity contribution < 1.29 is 9.59 Å². The van der Waals surface area contributed by atoms with Gasteiger partial charge in [-0.05, 0) is 16.5 Å². The van der Waals surface area contributed by atoms with Gasteiger partial charge in [-0.1, -0.05) is 75.4 Å². The second kappa shape index (κ2) is 7.58. The summed E-state index contributed by atoms with van der Waals surface area (Å²) in [5.74, 6) is -0.750. The van der Waals surface area contributed by atoms with Crippen LogP contribution >= 0.6 is 0 Å². The Kier molecular flexibility index (Phi) is 5.21. The van der Waals surface area contributed by atoms with Gasteiger partial charge in [-0.25, -0.2) is 4.68 Å². The van der Waals surface area contributed by atoms with Crippen LogP contribution in [0, 0.1) is 0 Å². The molecule has 1 amide bonds. The van der Waals surface area contributed by atoms with Crippen LogP contribution in [0.1, 0.15) is 42.3 Å². The van der Waals surface area contributed by atoms with Crippen molar-refractivity contribution in [3.05, 3.63) is 83.6 Å². The highest BCUT2D eigenvalue weighted by Crippen LogP contribution is 2.22. The van der Waals surface area contributed by atoms with Crippen molar-refractivity contribution in [1.82, 2.24) is 9.78 Å². The molecule has 0 aliphatic rings. The molecule has 0 unspecified atom stereocenters. The molecule has 0 spiro atoms. The summed E-state index contributed by atoms with van der Waals surface area (Å²) in [4.78, 5) is 24.9. The molecular formula is C22H23N3O2. The van der Waals surface area contributed by atoms with E-state index in [-0.39, 0.29) is 5.41 Å². The van der Waals surface area contributed by atoms with Crippen molar-refractivity contribution in [2.24, 2.45) is 0 Å². The quantitative estimate of drug-likeness (QED) is 0.551. The molecule has 0 radical (unpaired) electrons. The van der Waals surface area contributed by atoms with E-state index >= 15 is 0 Å². The molecule has 1 N–H and O–H groups in total. The highest BCUT2D eigenvalue weighted by atomic mass is 16.2. The molecule has 0 bridgehead atoms. The van der Waals surface area contributed by atoms with Crippen LogP contribution < -0.4 is 5.32 Å². The maximum absolute atomic E-state index is 12.5. The van der Waals surface area contributed by atoms with Crippen LogP contribution in [-0.4, -0.2) is 21.5 Å². The maximum atomic E-state index is 12.5. The van der Waals surface area contributed by atoms with Gasteiger partial charge in [0.05, 0.1) is 12.7 Å². The lowest BCUT2D eigenvalue weighted by Crippen LogP contribution is -2.25. The fourth-order valence-electron chi connectivity index (χ4n) is 2.75. The summed E-state index contributed by atoms with van der Waals surface area (Å²) in [6.45, 7) is 6.82. The number of nitrogens with one attached hydrogen (secondary N) is 1. The van der Waals surface area contributed by atoms with Crippen LogP contribution in [0.15, 0.2) is 66.9 Å². The van der Waals surface area contributed by atoms with E-state index in [1.807, 2.05) is 42.5 Å². The molecule has 2 aromatic carbocycles. The van der Waals surface area contributed by atoms with E-state index in [2.05, 4.69) is 31.2 Å². The average Bonchev–Trinajstić information content (AvgIpc) is 3.08. The molecule has 3 rings (SSSR count). The van der Waals surface area contributed by atoms with Crippen molar-refractivity contribution in [2.75, 3.05) is 5.32 Å². The number of nitrogens with zero attached hydrogens (tertiary/aromatic N) is 2. The number of rotatable bonds is 5. The number of hydrogen-bond acceptors (Lipinski definition) is 3. The van der Waals surface area contributed by atoms with E-state index in [1.54, 1.807) is 29.1 Å². The largest absolute Gasteiger partial charge is 0.304 e. The Morgan fingerprint density at radius 2 is 1.63 bits per heavy atom. The van der Waals surface area contributed by atoms with Gasteiger partial charge in [-0.15, -0.1) is 0 Å². The number of amides is 1. The second-order valence-corrected chi connectivity index (χ2v) is 7.47. The number of anilines is 1. The predicted octanol–water partition coefficient (Wildman–Crippen LogP) is 4.05. The fraction of sp³-hybridized carbons (Fsp3) is 0.227. The summed E-state index contributed by atoms with van der Waals surface area (Å²) in [7, 11) is 0. The molecule has 5 nitrogen and oxygen atoms in total. The zero-order chi connectivity index (χ0) is 19.4. The summed E-state index contributed by atoms with van der Waals surface area (Å²) < 4.78 is 1.66. The third kappa shape index (κ3) is 4.50. The SMILES string of the molecule is CC(C)(C)c1ccc(C(=O)C(=O)Nc2ccnn2Cc2ccccc2)cc1. The standard InChI is InChI=1S/C22H23N3O2/c1-22(2,3)18-11-9-17(10-12-18)20(26)21(27)24-19-13-14-23-25(19)15-16-7-5-4-6-8-16/h4-14H,15H2,1-3H3,(H,24,27). The molecule has 138 valence electrons. The van der Waals surface area contributed by atoms with Gasteiger partial charge >= 0.3 is 0 Å². The molecule has 0 saturated heterocycles. The first-order valence-corrected chi connectivity index (χ1v) is 8.86. The number of hydrogen-bond donors (Lipinski definition) is 1. The molecular weight excluding hydrogens is 338 g/mol. The Morgan fingerprint density at radius 3 is 2.26 bits per heavy atom. The zero-order valence-electron chi connectivity index (χ0n) is 15.8. The van der Waals surface area contributed by atoms with Crippen LogP contribution in [0.4, 0.5) is 5.82 Å². The van der Waals surface area contributed by atoms with Crippen molar-refractivity contribution in [3.8, 4) is 0 Å². The van der Waals surface area contributed by atoms with Gasteiger partial charge in [0.15, 0.2) is 0 Å². The molecule has 0 saturated carbocycles. The minimum Gasteiger partial charge on any atom is -0.304 e. The van der Waals surface area contributed by atoms with Gasteiger partial charge in [0.1, 0.15) is 5.82 Å². The molecule has 5 heteroatoms. The van der Waals surface area contributed by atoms with E-state index < -0.39 is 11.7 Å². The number of Topliss-reactive ketones (excluding diaryl/α,β-unsaturated/α-hetero) is 1. The third-order valence-corrected chi connectivity index (χ3v) is 4.35. The lowest BCUT2D eigenvalue weighted by atomic mass is 9.86. The smallest absolute Gasteiger partial charge is 0.297 e. The number of carbonyl (C=O) groups is 2. The number of ketones is 1. The molecule has 0 atom stereocenters. The highest BCUT2D eigenvalue weighted by Gasteiger charge is 2.19. The average molecular weight is 361 g/mol. The van der Waals surface area contributed by atoms with E-state index in [0.29, 0.717) is 17.9 Å². The summed E-state index contributed by atoms with van der Waals surface area (Å²) in [5, 5.41) is 6.89. The minimum absolute atomic E-state index is 0.00618. The van der Waals surface area contributed by atoms with Crippen LogP contribution in [0.3, 0.4) is 0 Å². The van der Waals surface area contributed by atoms with Crippen LogP contribution in [0.5, 0.6) is 0 Å². The monoisotopic (exact) mass is 361 g/mol. The highest BCUT2D eigenvalue weighted by molar-refractivity contribution is 6.46. The Bertz CT molecular complexity index is 936. The van der Waals surface area contributed by atoms with Gasteiger partial charge in [0.25, 0.3) is 11.7 Å². The zero-order valence-corrected chi connectivity index (χ0v) is 15.8. The summed E-state index contributed by atoms with van der Waals surface area (Å²) >= 11 is 0. The molecule has 3 aromatic rings. The van der Waals surface area contributed by atoms with Crippen molar-refractivity contribution >= 4 is 17.5 Å². The van der Waals surface area contributed by atoms with E-state index in [0.717, 1.165) is 11.1 Å². The lowest BCUT2D eigenvalue weighted by molar-refractivity contribution is -0.112. The number of benzene rings is 2. The van der Waals surface area contributed by atoms with E-state index in [4.69, 9.17) is 0 Å². The van der Waals surface area contributed by atoms with Gasteiger partial charge in [-0.3, -0.25) is 9.59 Å². The van der Waals surface area contributed by atoms with Gasteiger partial charge < -0.3 is 5.32 Å². The molecule has 1 heterocycles. The first-order chi connectivity index (χ1) is 12.8. The lowest BCUT2D eigenvalue weighted by Gasteiger charge is -2.18. The van der Waals surface area contributed by atoms with Crippen LogP contribution in [-0.2, 0) is 16.8 Å². The molecule has 0 aliphatic heterocycles. The topological polar surface area (TPSA) is 64.0 Å². The van der Waals surface area contributed by atoms with Crippen molar-refractivity contribution in [2.45, 2.75) is 32.7 Å². The van der Waals surface area contributed by atoms with Crippen LogP contribution in [0.2, 0.25) is 0 Å². The minimum atomic E-state index is -0.673. The second-order valence-electron chi connectivity index (χ2n) is 7.47. The first-order valence-electron chi connectivity index (χ1n) is 8.86. The predicted molar refractivity (Wildman–Crippen MR) is 106 cm³/mol. The van der Waals surface area contributed by atoms with E-state index in [1.165, 1.54) is 0 Å². The molecule has 1 aromatic heterocycles. The fourth-order valence-corrected chi connectivity index (χ4v) is 2.75. The van der Waals surface area contributed by atoms with Gasteiger partial charge in [-0.2, -0.15) is 5.10 Å². The summed E-state index contributed by atoms with van der Waals surface area (Å²) in [6, 6.07) is 18.7. The third-order valence-electron chi connectivity index (χ3n) is 4.35. The van der Waals surface area contributed by atoms with Crippen molar-refractivity contribution in [1.29, 1.82) is 0 Å². The summed E-state index contributed by atoms with van der Waals surface area (Å²) in [5.41, 5.74) is 2.53. The van der Waals surface area contributed by atoms with Gasteiger partial charge in [0.2, 0.25) is 0 Å². The maximum Gasteiger partial charge on any atom is 0.297 e. The number of aromatic nitrogens is 2. The normalized spacial score (nSPS) is 11.2. The molecule has 0 fully saturated rings. The van der Waals surface area contributed by atoms with E-state index in [9.17, 15) is 9.59 Å². The molecule has 27 heavy (non-hydrogen) atoms. The van der Waals surface area contributed by atoms with Gasteiger partial charge in [0, 0.05) is 11.6 Å². The number of carbonyl (C=O) groups excluding carboxylic acids is 2. The Hall–Kier alpha value is -3.21. The van der Waals surface area contributed by atoms with Crippen molar-refractivity contribution in [3.63, 3.8) is 0 Å². The summed E-state index contributed by atoms with van der Waals surface area (Å²) in [6.07, 6.45) is 1.60. The Balaban J connectivity index is 1.71.